The summed E-state index contributed by atoms with van der Waals surface area (Å²) in [5.74, 6) is 1.52. The first-order chi connectivity index (χ1) is 13.8. The predicted molar refractivity (Wildman–Crippen MR) is 109 cm³/mol. The lowest BCUT2D eigenvalue weighted by Gasteiger charge is -2.43. The second-order valence-electron chi connectivity index (χ2n) is 9.14. The molecule has 2 unspecified atom stereocenters. The molecule has 2 saturated heterocycles. The fourth-order valence-corrected chi connectivity index (χ4v) is 6.73. The normalized spacial score (nSPS) is 32.2. The lowest BCUT2D eigenvalue weighted by atomic mass is 9.95. The van der Waals surface area contributed by atoms with Crippen molar-refractivity contribution >= 4 is 16.1 Å². The minimum Gasteiger partial charge on any atom is -0.360 e. The number of rotatable bonds is 5. The molecule has 9 heteroatoms. The Morgan fingerprint density at radius 3 is 2.34 bits per heavy atom. The molecule has 0 spiro atoms. The van der Waals surface area contributed by atoms with Crippen LogP contribution in [-0.4, -0.2) is 59.3 Å². The van der Waals surface area contributed by atoms with Crippen molar-refractivity contribution in [3.05, 3.63) is 17.5 Å². The number of amides is 1. The van der Waals surface area contributed by atoms with Crippen LogP contribution >= 0.6 is 0 Å². The highest BCUT2D eigenvalue weighted by Gasteiger charge is 2.41. The molecule has 1 aromatic heterocycles. The highest BCUT2D eigenvalue weighted by molar-refractivity contribution is 7.86. The SMILES string of the molecule is CC1CCN(S(=O)(=O)N2CC[C@H](NC(=O)c3cc(C4CC4)on3)C[C@@H]2C)C(C)C1. The highest BCUT2D eigenvalue weighted by Crippen LogP contribution is 2.40. The van der Waals surface area contributed by atoms with Crippen LogP contribution in [0.25, 0.3) is 0 Å². The van der Waals surface area contributed by atoms with E-state index in [0.29, 0.717) is 43.5 Å². The van der Waals surface area contributed by atoms with Gasteiger partial charge in [0, 0.05) is 43.2 Å². The van der Waals surface area contributed by atoms with Gasteiger partial charge in [0.25, 0.3) is 16.1 Å². The van der Waals surface area contributed by atoms with Crippen LogP contribution in [0.4, 0.5) is 0 Å². The predicted octanol–water partition coefficient (Wildman–Crippen LogP) is 2.50. The van der Waals surface area contributed by atoms with E-state index in [1.165, 1.54) is 0 Å². The van der Waals surface area contributed by atoms with Crippen molar-refractivity contribution in [3.8, 4) is 0 Å². The second-order valence-corrected chi connectivity index (χ2v) is 11.0. The number of piperidine rings is 2. The van der Waals surface area contributed by atoms with E-state index in [1.807, 2.05) is 13.8 Å². The standard InChI is InChI=1S/C20H32N4O4S/c1-13-6-8-23(14(2)10-13)29(26,27)24-9-7-17(11-15(24)3)21-20(25)18-12-19(28-22-18)16-4-5-16/h12-17H,4-11H2,1-3H3,(H,21,25)/t13?,14?,15-,17-/m0/s1. The molecule has 8 nitrogen and oxygen atoms in total. The molecule has 0 aromatic carbocycles. The largest absolute Gasteiger partial charge is 0.360 e. The maximum Gasteiger partial charge on any atom is 0.282 e. The molecule has 2 aliphatic heterocycles. The first-order valence-corrected chi connectivity index (χ1v) is 12.2. The van der Waals surface area contributed by atoms with Crippen LogP contribution in [0.5, 0.6) is 0 Å². The smallest absolute Gasteiger partial charge is 0.282 e. The summed E-state index contributed by atoms with van der Waals surface area (Å²) in [7, 11) is -3.48. The summed E-state index contributed by atoms with van der Waals surface area (Å²) in [6.45, 7) is 7.11. The number of aromatic nitrogens is 1. The summed E-state index contributed by atoms with van der Waals surface area (Å²) in [6, 6.07) is 1.53. The molecule has 162 valence electrons. The number of hydrogen-bond donors (Lipinski definition) is 1. The summed E-state index contributed by atoms with van der Waals surface area (Å²) >= 11 is 0. The van der Waals surface area contributed by atoms with Crippen LogP contribution in [0, 0.1) is 5.92 Å². The average molecular weight is 425 g/mol. The van der Waals surface area contributed by atoms with Gasteiger partial charge in [0.2, 0.25) is 0 Å². The van der Waals surface area contributed by atoms with Gasteiger partial charge in [-0.15, -0.1) is 0 Å². The molecule has 1 aliphatic carbocycles. The third kappa shape index (κ3) is 4.36. The van der Waals surface area contributed by atoms with E-state index in [0.717, 1.165) is 31.4 Å². The van der Waals surface area contributed by atoms with E-state index in [4.69, 9.17) is 4.52 Å². The molecular weight excluding hydrogens is 392 g/mol. The third-order valence-electron chi connectivity index (χ3n) is 6.56. The van der Waals surface area contributed by atoms with Gasteiger partial charge in [-0.3, -0.25) is 4.79 Å². The average Bonchev–Trinajstić information content (AvgIpc) is 3.37. The first-order valence-electron chi connectivity index (χ1n) is 10.8. The Morgan fingerprint density at radius 1 is 1.07 bits per heavy atom. The number of hydrogen-bond acceptors (Lipinski definition) is 5. The fraction of sp³-hybridized carbons (Fsp3) is 0.800. The van der Waals surface area contributed by atoms with Gasteiger partial charge in [0.05, 0.1) is 0 Å². The van der Waals surface area contributed by atoms with Gasteiger partial charge in [-0.25, -0.2) is 0 Å². The summed E-state index contributed by atoms with van der Waals surface area (Å²) in [5.41, 5.74) is 0.311. The summed E-state index contributed by atoms with van der Waals surface area (Å²) in [5, 5.41) is 6.90. The Bertz CT molecular complexity index is 850. The van der Waals surface area contributed by atoms with Crippen LogP contribution in [0.2, 0.25) is 0 Å². The molecule has 3 aliphatic rings. The Morgan fingerprint density at radius 2 is 1.72 bits per heavy atom. The van der Waals surface area contributed by atoms with E-state index in [-0.39, 0.29) is 24.0 Å². The topological polar surface area (TPSA) is 95.8 Å². The van der Waals surface area contributed by atoms with E-state index >= 15 is 0 Å². The van der Waals surface area contributed by atoms with E-state index in [2.05, 4.69) is 17.4 Å². The zero-order valence-corrected chi connectivity index (χ0v) is 18.3. The van der Waals surface area contributed by atoms with Crippen LogP contribution < -0.4 is 5.32 Å². The molecule has 3 heterocycles. The van der Waals surface area contributed by atoms with Crippen molar-refractivity contribution < 1.29 is 17.7 Å². The minimum absolute atomic E-state index is 0.0289. The van der Waals surface area contributed by atoms with Crippen molar-refractivity contribution in [2.24, 2.45) is 5.92 Å². The van der Waals surface area contributed by atoms with E-state index < -0.39 is 10.2 Å². The Hall–Kier alpha value is -1.45. The summed E-state index contributed by atoms with van der Waals surface area (Å²) in [4.78, 5) is 12.5. The summed E-state index contributed by atoms with van der Waals surface area (Å²) in [6.07, 6.45) is 5.19. The Balaban J connectivity index is 1.35. The Kier molecular flexibility index (Phi) is 5.74. The molecule has 1 N–H and O–H groups in total. The van der Waals surface area contributed by atoms with Crippen molar-refractivity contribution in [1.29, 1.82) is 0 Å². The fourth-order valence-electron chi connectivity index (χ4n) is 4.70. The minimum atomic E-state index is -3.48. The molecule has 4 atom stereocenters. The Labute approximate surface area is 173 Å². The van der Waals surface area contributed by atoms with Gasteiger partial charge < -0.3 is 9.84 Å². The van der Waals surface area contributed by atoms with Crippen LogP contribution in [0.3, 0.4) is 0 Å². The highest BCUT2D eigenvalue weighted by atomic mass is 32.2. The third-order valence-corrected chi connectivity index (χ3v) is 8.83. The zero-order chi connectivity index (χ0) is 20.8. The molecule has 1 saturated carbocycles. The molecule has 0 bridgehead atoms. The van der Waals surface area contributed by atoms with Gasteiger partial charge in [0.15, 0.2) is 5.69 Å². The van der Waals surface area contributed by atoms with Crippen molar-refractivity contribution in [3.63, 3.8) is 0 Å². The summed E-state index contributed by atoms with van der Waals surface area (Å²) < 4.78 is 35.0. The first kappa shape index (κ1) is 20.8. The van der Waals surface area contributed by atoms with Gasteiger partial charge in [-0.1, -0.05) is 12.1 Å². The maximum atomic E-state index is 13.2. The maximum absolute atomic E-state index is 13.2. The molecule has 1 aromatic rings. The molecule has 0 radical (unpaired) electrons. The van der Waals surface area contributed by atoms with Gasteiger partial charge in [-0.05, 0) is 58.3 Å². The number of nitrogens with one attached hydrogen (secondary N) is 1. The number of nitrogens with zero attached hydrogens (tertiary/aromatic N) is 3. The lowest BCUT2D eigenvalue weighted by Crippen LogP contribution is -2.57. The van der Waals surface area contributed by atoms with Crippen molar-refractivity contribution in [2.45, 2.75) is 83.3 Å². The lowest BCUT2D eigenvalue weighted by molar-refractivity contribution is 0.0902. The number of carbonyl (C=O) groups excluding carboxylic acids is 1. The molecule has 3 fully saturated rings. The van der Waals surface area contributed by atoms with Gasteiger partial charge >= 0.3 is 0 Å². The van der Waals surface area contributed by atoms with Gasteiger partial charge in [0.1, 0.15) is 5.76 Å². The monoisotopic (exact) mass is 424 g/mol. The number of carbonyl (C=O) groups is 1. The molecule has 1 amide bonds. The quantitative estimate of drug-likeness (QED) is 0.783. The van der Waals surface area contributed by atoms with Gasteiger partial charge in [-0.2, -0.15) is 17.0 Å². The molecule has 4 rings (SSSR count). The zero-order valence-electron chi connectivity index (χ0n) is 17.5. The van der Waals surface area contributed by atoms with E-state index in [1.54, 1.807) is 14.7 Å². The van der Waals surface area contributed by atoms with Crippen LogP contribution in [-0.2, 0) is 10.2 Å². The van der Waals surface area contributed by atoms with Crippen LogP contribution in [0.1, 0.15) is 81.5 Å². The van der Waals surface area contributed by atoms with E-state index in [9.17, 15) is 13.2 Å². The molecular formula is C20H32N4O4S. The molecule has 29 heavy (non-hydrogen) atoms. The van der Waals surface area contributed by atoms with Crippen LogP contribution in [0.15, 0.2) is 10.6 Å². The van der Waals surface area contributed by atoms with Crippen molar-refractivity contribution in [1.82, 2.24) is 19.1 Å². The van der Waals surface area contributed by atoms with Crippen molar-refractivity contribution in [2.75, 3.05) is 13.1 Å². The second kappa shape index (κ2) is 8.00.